The zero-order valence-corrected chi connectivity index (χ0v) is 12.0. The molecule has 1 heterocycles. The summed E-state index contributed by atoms with van der Waals surface area (Å²) in [6.45, 7) is 0.840. The van der Waals surface area contributed by atoms with E-state index in [-0.39, 0.29) is 11.6 Å². The molecule has 5 heteroatoms. The van der Waals surface area contributed by atoms with Gasteiger partial charge in [0.1, 0.15) is 0 Å². The lowest BCUT2D eigenvalue weighted by molar-refractivity contribution is -0.384. The second kappa shape index (κ2) is 5.84. The van der Waals surface area contributed by atoms with Crippen molar-refractivity contribution in [1.29, 1.82) is 0 Å². The van der Waals surface area contributed by atoms with Crippen LogP contribution in [0, 0.1) is 16.0 Å². The van der Waals surface area contributed by atoms with Crippen LogP contribution in [0.5, 0.6) is 0 Å². The molecule has 1 aromatic rings. The van der Waals surface area contributed by atoms with Crippen molar-refractivity contribution < 1.29 is 9.72 Å². The summed E-state index contributed by atoms with van der Waals surface area (Å²) in [5.41, 5.74) is 0.572. The fraction of sp³-hybridized carbons (Fsp3) is 0.562. The molecule has 3 rings (SSSR count). The first-order valence-electron chi connectivity index (χ1n) is 7.70. The zero-order chi connectivity index (χ0) is 14.8. The van der Waals surface area contributed by atoms with Gasteiger partial charge >= 0.3 is 0 Å². The Kier molecular flexibility index (Phi) is 3.90. The minimum atomic E-state index is -0.447. The molecule has 0 N–H and O–H groups in total. The molecular weight excluding hydrogens is 268 g/mol. The molecule has 0 aromatic heterocycles. The molecule has 21 heavy (non-hydrogen) atoms. The van der Waals surface area contributed by atoms with Crippen molar-refractivity contribution in [2.24, 2.45) is 5.92 Å². The fourth-order valence-corrected chi connectivity index (χ4v) is 3.33. The Morgan fingerprint density at radius 3 is 2.48 bits per heavy atom. The molecule has 112 valence electrons. The Morgan fingerprint density at radius 2 is 1.86 bits per heavy atom. The molecule has 0 spiro atoms. The first-order chi connectivity index (χ1) is 10.1. The maximum atomic E-state index is 12.3. The van der Waals surface area contributed by atoms with Gasteiger partial charge in [-0.15, -0.1) is 0 Å². The normalized spacial score (nSPS) is 22.1. The predicted octanol–water partition coefficient (Wildman–Crippen LogP) is 3.39. The molecule has 1 amide bonds. The second-order valence-electron chi connectivity index (χ2n) is 6.16. The lowest BCUT2D eigenvalue weighted by Crippen LogP contribution is -2.16. The minimum Gasteiger partial charge on any atom is -0.332 e. The van der Waals surface area contributed by atoms with Gasteiger partial charge in [-0.2, -0.15) is 0 Å². The zero-order valence-electron chi connectivity index (χ0n) is 12.0. The van der Waals surface area contributed by atoms with Gasteiger partial charge in [0.05, 0.1) is 4.92 Å². The first kappa shape index (κ1) is 14.0. The van der Waals surface area contributed by atoms with Crippen LogP contribution in [0.4, 0.5) is 5.69 Å². The summed E-state index contributed by atoms with van der Waals surface area (Å²) in [6, 6.07) is 6.28. The van der Waals surface area contributed by atoms with E-state index in [4.69, 9.17) is 0 Å². The van der Waals surface area contributed by atoms with Gasteiger partial charge in [-0.25, -0.2) is 0 Å². The number of rotatable bonds is 4. The van der Waals surface area contributed by atoms with Crippen molar-refractivity contribution in [3.8, 4) is 0 Å². The minimum absolute atomic E-state index is 0.00528. The number of amides is 1. The number of non-ortho nitro benzene ring substituents is 1. The number of carbonyl (C=O) groups is 1. The van der Waals surface area contributed by atoms with E-state index in [1.807, 2.05) is 4.90 Å². The van der Waals surface area contributed by atoms with E-state index in [9.17, 15) is 14.9 Å². The quantitative estimate of drug-likeness (QED) is 0.484. The van der Waals surface area contributed by atoms with Crippen molar-refractivity contribution in [3.05, 3.63) is 39.9 Å². The Balaban J connectivity index is 1.55. The third-order valence-corrected chi connectivity index (χ3v) is 4.63. The number of nitrogens with zero attached hydrogens (tertiary/aromatic N) is 2. The van der Waals surface area contributed by atoms with E-state index in [1.165, 1.54) is 44.2 Å². The van der Waals surface area contributed by atoms with Crippen LogP contribution in [0.25, 0.3) is 0 Å². The molecule has 5 nitrogen and oxygen atoms in total. The first-order valence-corrected chi connectivity index (χ1v) is 7.70. The standard InChI is InChI=1S/C16H20N2O3/c19-16(13-6-8-14(9-7-13)18(20)21)17-11-15(17)10-12-4-2-1-3-5-12/h6-9,12,15H,1-5,10-11H2/t15-,17?/m1/s1. The Hall–Kier alpha value is -1.91. The molecule has 2 aliphatic rings. The second-order valence-corrected chi connectivity index (χ2v) is 6.16. The maximum Gasteiger partial charge on any atom is 0.269 e. The smallest absolute Gasteiger partial charge is 0.269 e. The molecule has 0 unspecified atom stereocenters. The van der Waals surface area contributed by atoms with Gasteiger partial charge in [0.15, 0.2) is 0 Å². The molecule has 1 aromatic carbocycles. The Bertz CT molecular complexity index is 535. The van der Waals surface area contributed by atoms with Crippen LogP contribution in [-0.2, 0) is 0 Å². The Morgan fingerprint density at radius 1 is 1.19 bits per heavy atom. The monoisotopic (exact) mass is 288 g/mol. The molecule has 0 radical (unpaired) electrons. The number of carbonyl (C=O) groups excluding carboxylic acids is 1. The summed E-state index contributed by atoms with van der Waals surface area (Å²) in [6.07, 6.45) is 7.73. The predicted molar refractivity (Wildman–Crippen MR) is 79.1 cm³/mol. The lowest BCUT2D eigenvalue weighted by atomic mass is 9.86. The summed E-state index contributed by atoms with van der Waals surface area (Å²) >= 11 is 0. The maximum absolute atomic E-state index is 12.3. The molecule has 2 fully saturated rings. The lowest BCUT2D eigenvalue weighted by Gasteiger charge is -2.21. The third-order valence-electron chi connectivity index (χ3n) is 4.63. The van der Waals surface area contributed by atoms with Gasteiger partial charge in [-0.1, -0.05) is 32.1 Å². The number of nitro groups is 1. The average Bonchev–Trinajstić information content (AvgIpc) is 3.27. The third kappa shape index (κ3) is 3.23. The summed E-state index contributed by atoms with van der Waals surface area (Å²) in [5, 5.41) is 10.6. The van der Waals surface area contributed by atoms with Gasteiger partial charge in [-0.05, 0) is 24.5 Å². The average molecular weight is 288 g/mol. The van der Waals surface area contributed by atoms with E-state index in [0.29, 0.717) is 11.6 Å². The van der Waals surface area contributed by atoms with Crippen molar-refractivity contribution in [3.63, 3.8) is 0 Å². The highest BCUT2D eigenvalue weighted by Crippen LogP contribution is 2.34. The number of benzene rings is 1. The van der Waals surface area contributed by atoms with Crippen LogP contribution in [-0.4, -0.2) is 28.3 Å². The van der Waals surface area contributed by atoms with E-state index < -0.39 is 4.92 Å². The highest BCUT2D eigenvalue weighted by Gasteiger charge is 2.40. The molecule has 1 aliphatic carbocycles. The van der Waals surface area contributed by atoms with Gasteiger partial charge in [0.25, 0.3) is 11.6 Å². The number of hydrogen-bond acceptors (Lipinski definition) is 3. The SMILES string of the molecule is O=C(c1ccc([N+](=O)[O-])cc1)N1C[C@H]1CC1CCCCC1. The van der Waals surface area contributed by atoms with Crippen molar-refractivity contribution in [1.82, 2.24) is 4.90 Å². The van der Waals surface area contributed by atoms with Crippen LogP contribution in [0.15, 0.2) is 24.3 Å². The van der Waals surface area contributed by atoms with Gasteiger partial charge < -0.3 is 4.90 Å². The van der Waals surface area contributed by atoms with E-state index in [2.05, 4.69) is 0 Å². The molecular formula is C16H20N2O3. The van der Waals surface area contributed by atoms with Crippen LogP contribution in [0.2, 0.25) is 0 Å². The molecule has 1 atom stereocenters. The van der Waals surface area contributed by atoms with Gasteiger partial charge in [0, 0.05) is 30.3 Å². The fourth-order valence-electron chi connectivity index (χ4n) is 3.33. The van der Waals surface area contributed by atoms with Crippen molar-refractivity contribution in [2.75, 3.05) is 6.54 Å². The van der Waals surface area contributed by atoms with Crippen LogP contribution >= 0.6 is 0 Å². The topological polar surface area (TPSA) is 63.2 Å². The number of nitro benzene ring substituents is 1. The van der Waals surface area contributed by atoms with Crippen LogP contribution < -0.4 is 0 Å². The van der Waals surface area contributed by atoms with Crippen LogP contribution in [0.1, 0.15) is 48.9 Å². The number of hydrogen-bond donors (Lipinski definition) is 0. The summed E-state index contributed by atoms with van der Waals surface area (Å²) in [4.78, 5) is 24.3. The highest BCUT2D eigenvalue weighted by atomic mass is 16.6. The van der Waals surface area contributed by atoms with Gasteiger partial charge in [-0.3, -0.25) is 14.9 Å². The van der Waals surface area contributed by atoms with Crippen molar-refractivity contribution >= 4 is 11.6 Å². The highest BCUT2D eigenvalue weighted by molar-refractivity contribution is 5.96. The van der Waals surface area contributed by atoms with Crippen molar-refractivity contribution in [2.45, 2.75) is 44.6 Å². The molecule has 1 saturated carbocycles. The molecule has 1 aliphatic heterocycles. The van der Waals surface area contributed by atoms with E-state index >= 15 is 0 Å². The summed E-state index contributed by atoms with van der Waals surface area (Å²) in [7, 11) is 0. The molecule has 1 saturated heterocycles. The van der Waals surface area contributed by atoms with E-state index in [1.54, 1.807) is 12.1 Å². The summed E-state index contributed by atoms with van der Waals surface area (Å²) in [5.74, 6) is 0.782. The Labute approximate surface area is 124 Å². The summed E-state index contributed by atoms with van der Waals surface area (Å²) < 4.78 is 0. The largest absolute Gasteiger partial charge is 0.332 e. The van der Waals surface area contributed by atoms with Gasteiger partial charge in [0.2, 0.25) is 0 Å². The molecule has 0 bridgehead atoms. The van der Waals surface area contributed by atoms with E-state index in [0.717, 1.165) is 18.9 Å². The van der Waals surface area contributed by atoms with Crippen LogP contribution in [0.3, 0.4) is 0 Å².